The molecule has 2 nitrogen and oxygen atoms in total. The van der Waals surface area contributed by atoms with Gasteiger partial charge in [-0.1, -0.05) is 36.4 Å². The van der Waals surface area contributed by atoms with Gasteiger partial charge in [0.25, 0.3) is 0 Å². The molecule has 0 aliphatic heterocycles. The summed E-state index contributed by atoms with van der Waals surface area (Å²) < 4.78 is 0. The molecule has 1 aliphatic carbocycles. The number of nitriles is 1. The quantitative estimate of drug-likeness (QED) is 0.837. The van der Waals surface area contributed by atoms with Crippen molar-refractivity contribution in [3.8, 4) is 6.07 Å². The van der Waals surface area contributed by atoms with Crippen LogP contribution in [-0.2, 0) is 16.6 Å². The number of hydrogen-bond acceptors (Lipinski definition) is 2. The van der Waals surface area contributed by atoms with Crippen LogP contribution in [0.5, 0.6) is 0 Å². The average Bonchev–Trinajstić information content (AvgIpc) is 2.70. The summed E-state index contributed by atoms with van der Waals surface area (Å²) in [5, 5.41) is 8.85. The number of fused-ring (bicyclic) bond motifs is 1. The summed E-state index contributed by atoms with van der Waals surface area (Å²) >= 11 is 0. The number of carbonyl (C=O) groups excluding carboxylic acids is 1. The van der Waals surface area contributed by atoms with Crippen molar-refractivity contribution in [2.75, 3.05) is 0 Å². The highest BCUT2D eigenvalue weighted by Crippen LogP contribution is 2.44. The van der Waals surface area contributed by atoms with Crippen LogP contribution < -0.4 is 0 Å². The van der Waals surface area contributed by atoms with Crippen LogP contribution in [0.1, 0.15) is 42.0 Å². The molecular weight excluding hydrogens is 258 g/mol. The molecule has 0 aromatic heterocycles. The molecule has 1 aliphatic rings. The van der Waals surface area contributed by atoms with Crippen molar-refractivity contribution in [1.82, 2.24) is 0 Å². The molecule has 2 aromatic rings. The topological polar surface area (TPSA) is 40.9 Å². The summed E-state index contributed by atoms with van der Waals surface area (Å²) in [7, 11) is 0. The van der Waals surface area contributed by atoms with Crippen molar-refractivity contribution in [1.29, 1.82) is 5.26 Å². The van der Waals surface area contributed by atoms with E-state index in [1.54, 1.807) is 0 Å². The Labute approximate surface area is 125 Å². The molecular formula is C19H17NO. The van der Waals surface area contributed by atoms with Crippen LogP contribution in [0.2, 0.25) is 0 Å². The van der Waals surface area contributed by atoms with Crippen molar-refractivity contribution < 1.29 is 4.79 Å². The van der Waals surface area contributed by atoms with Crippen LogP contribution >= 0.6 is 0 Å². The second kappa shape index (κ2) is 4.86. The minimum atomic E-state index is -0.409. The standard InChI is InChI=1S/C19H17NO/c1-19(2)17-6-4-3-5-15(17)16(18(19)21)11-13-7-9-14(12-20)10-8-13/h3-10,16H,11H2,1-2H3/t16-/m1/s1. The summed E-state index contributed by atoms with van der Waals surface area (Å²) in [5.74, 6) is 0.206. The van der Waals surface area contributed by atoms with E-state index in [0.717, 1.165) is 16.7 Å². The zero-order valence-electron chi connectivity index (χ0n) is 12.3. The monoisotopic (exact) mass is 275 g/mol. The predicted octanol–water partition coefficient (Wildman–Crippen LogP) is 3.74. The Balaban J connectivity index is 1.96. The normalized spacial score (nSPS) is 19.1. The van der Waals surface area contributed by atoms with Gasteiger partial charge in [0.1, 0.15) is 0 Å². The van der Waals surface area contributed by atoms with Gasteiger partial charge in [0.2, 0.25) is 0 Å². The molecule has 21 heavy (non-hydrogen) atoms. The molecule has 0 radical (unpaired) electrons. The third kappa shape index (κ3) is 2.15. The highest BCUT2D eigenvalue weighted by Gasteiger charge is 2.44. The molecule has 0 amide bonds. The fraction of sp³-hybridized carbons (Fsp3) is 0.263. The van der Waals surface area contributed by atoms with Gasteiger partial charge in [0.15, 0.2) is 5.78 Å². The minimum absolute atomic E-state index is 0.0795. The zero-order valence-corrected chi connectivity index (χ0v) is 12.3. The fourth-order valence-electron chi connectivity index (χ4n) is 3.23. The largest absolute Gasteiger partial charge is 0.298 e. The molecule has 0 N–H and O–H groups in total. The number of ketones is 1. The second-order valence-electron chi connectivity index (χ2n) is 6.14. The molecule has 0 spiro atoms. The Morgan fingerprint density at radius 1 is 1.10 bits per heavy atom. The maximum absolute atomic E-state index is 12.8. The molecule has 0 unspecified atom stereocenters. The van der Waals surface area contributed by atoms with Gasteiger partial charge in [0.05, 0.1) is 11.6 Å². The summed E-state index contributed by atoms with van der Waals surface area (Å²) in [6, 6.07) is 17.8. The van der Waals surface area contributed by atoms with Crippen molar-refractivity contribution >= 4 is 5.78 Å². The Bertz CT molecular complexity index is 735. The van der Waals surface area contributed by atoms with Gasteiger partial charge < -0.3 is 0 Å². The molecule has 0 bridgehead atoms. The number of hydrogen-bond donors (Lipinski definition) is 0. The third-order valence-electron chi connectivity index (χ3n) is 4.46. The third-order valence-corrected chi connectivity index (χ3v) is 4.46. The van der Waals surface area contributed by atoms with Gasteiger partial charge in [-0.05, 0) is 49.1 Å². The summed E-state index contributed by atoms with van der Waals surface area (Å²) in [4.78, 5) is 12.8. The first kappa shape index (κ1) is 13.6. The van der Waals surface area contributed by atoms with E-state index in [2.05, 4.69) is 18.2 Å². The van der Waals surface area contributed by atoms with E-state index in [1.807, 2.05) is 50.2 Å². The van der Waals surface area contributed by atoms with Gasteiger partial charge in [-0.15, -0.1) is 0 Å². The van der Waals surface area contributed by atoms with Gasteiger partial charge in [-0.3, -0.25) is 4.79 Å². The predicted molar refractivity (Wildman–Crippen MR) is 82.1 cm³/mol. The smallest absolute Gasteiger partial charge is 0.150 e. The van der Waals surface area contributed by atoms with Crippen LogP contribution in [0.4, 0.5) is 0 Å². The van der Waals surface area contributed by atoms with E-state index in [4.69, 9.17) is 5.26 Å². The molecule has 2 heteroatoms. The average molecular weight is 275 g/mol. The maximum Gasteiger partial charge on any atom is 0.150 e. The molecule has 1 atom stereocenters. The highest BCUT2D eigenvalue weighted by molar-refractivity contribution is 5.99. The van der Waals surface area contributed by atoms with E-state index >= 15 is 0 Å². The summed E-state index contributed by atoms with van der Waals surface area (Å²) in [6.45, 7) is 4.01. The lowest BCUT2D eigenvalue weighted by Crippen LogP contribution is -2.26. The molecule has 0 heterocycles. The minimum Gasteiger partial charge on any atom is -0.298 e. The Morgan fingerprint density at radius 2 is 1.76 bits per heavy atom. The lowest BCUT2D eigenvalue weighted by atomic mass is 9.84. The van der Waals surface area contributed by atoms with Crippen LogP contribution in [0.3, 0.4) is 0 Å². The first-order valence-corrected chi connectivity index (χ1v) is 7.17. The first-order valence-electron chi connectivity index (χ1n) is 7.17. The van der Waals surface area contributed by atoms with E-state index in [1.165, 1.54) is 0 Å². The van der Waals surface area contributed by atoms with E-state index < -0.39 is 5.41 Å². The summed E-state index contributed by atoms with van der Waals surface area (Å²) in [6.07, 6.45) is 0.699. The van der Waals surface area contributed by atoms with Gasteiger partial charge in [-0.25, -0.2) is 0 Å². The van der Waals surface area contributed by atoms with E-state index in [0.29, 0.717) is 12.0 Å². The zero-order chi connectivity index (χ0) is 15.0. The van der Waals surface area contributed by atoms with Gasteiger partial charge in [-0.2, -0.15) is 5.26 Å². The lowest BCUT2D eigenvalue weighted by Gasteiger charge is -2.17. The number of carbonyl (C=O) groups is 1. The van der Waals surface area contributed by atoms with E-state index in [9.17, 15) is 4.79 Å². The van der Waals surface area contributed by atoms with E-state index in [-0.39, 0.29) is 11.7 Å². The number of rotatable bonds is 2. The Kier molecular flexibility index (Phi) is 3.14. The van der Waals surface area contributed by atoms with Crippen molar-refractivity contribution in [3.63, 3.8) is 0 Å². The second-order valence-corrected chi connectivity index (χ2v) is 6.14. The first-order chi connectivity index (χ1) is 10.0. The Morgan fingerprint density at radius 3 is 2.43 bits per heavy atom. The maximum atomic E-state index is 12.8. The lowest BCUT2D eigenvalue weighted by molar-refractivity contribution is -0.123. The highest BCUT2D eigenvalue weighted by atomic mass is 16.1. The molecule has 0 saturated heterocycles. The number of nitrogens with zero attached hydrogens (tertiary/aromatic N) is 1. The van der Waals surface area contributed by atoms with Crippen LogP contribution in [0.15, 0.2) is 48.5 Å². The van der Waals surface area contributed by atoms with Crippen LogP contribution in [0, 0.1) is 11.3 Å². The van der Waals surface area contributed by atoms with Crippen molar-refractivity contribution in [3.05, 3.63) is 70.8 Å². The SMILES string of the molecule is CC1(C)C(=O)[C@H](Cc2ccc(C#N)cc2)c2ccccc21. The molecule has 2 aromatic carbocycles. The summed E-state index contributed by atoms with van der Waals surface area (Å²) in [5.41, 5.74) is 3.64. The fourth-order valence-corrected chi connectivity index (χ4v) is 3.23. The molecule has 0 saturated carbocycles. The van der Waals surface area contributed by atoms with Crippen molar-refractivity contribution in [2.45, 2.75) is 31.6 Å². The van der Waals surface area contributed by atoms with Crippen molar-refractivity contribution in [2.24, 2.45) is 0 Å². The molecule has 0 fully saturated rings. The molecule has 3 rings (SSSR count). The Hall–Kier alpha value is -2.40. The number of Topliss-reactive ketones (excluding diaryl/α,β-unsaturated/α-hetero) is 1. The van der Waals surface area contributed by atoms with Gasteiger partial charge >= 0.3 is 0 Å². The van der Waals surface area contributed by atoms with Crippen LogP contribution in [-0.4, -0.2) is 5.78 Å². The number of benzene rings is 2. The molecule has 104 valence electrons. The van der Waals surface area contributed by atoms with Crippen LogP contribution in [0.25, 0.3) is 0 Å². The van der Waals surface area contributed by atoms with Gasteiger partial charge in [0, 0.05) is 11.3 Å².